The topological polar surface area (TPSA) is 84.2 Å². The van der Waals surface area contributed by atoms with Crippen LogP contribution < -0.4 is 10.6 Å². The van der Waals surface area contributed by atoms with Crippen molar-refractivity contribution in [2.24, 2.45) is 0 Å². The molecule has 2 heterocycles. The van der Waals surface area contributed by atoms with E-state index >= 15 is 0 Å². The zero-order chi connectivity index (χ0) is 10.8. The first-order chi connectivity index (χ1) is 7.20. The van der Waals surface area contributed by atoms with Crippen molar-refractivity contribution >= 4 is 11.9 Å². The van der Waals surface area contributed by atoms with E-state index in [0.29, 0.717) is 5.76 Å². The van der Waals surface area contributed by atoms with E-state index in [9.17, 15) is 9.59 Å². The summed E-state index contributed by atoms with van der Waals surface area (Å²) in [6, 6.07) is 0.452. The average Bonchev–Trinajstić information content (AvgIpc) is 2.73. The first-order valence-corrected chi connectivity index (χ1v) is 4.77. The zero-order valence-corrected chi connectivity index (χ0v) is 8.24. The fourth-order valence-electron chi connectivity index (χ4n) is 1.46. The SMILES string of the molecule is CCCc1cc([C@@H]2NC(=O)NC2=O)on1. The average molecular weight is 209 g/mol. The van der Waals surface area contributed by atoms with Gasteiger partial charge >= 0.3 is 6.03 Å². The number of hydrogen-bond acceptors (Lipinski definition) is 4. The number of aromatic nitrogens is 1. The summed E-state index contributed by atoms with van der Waals surface area (Å²) >= 11 is 0. The monoisotopic (exact) mass is 209 g/mol. The number of imide groups is 1. The van der Waals surface area contributed by atoms with Crippen LogP contribution in [-0.2, 0) is 11.2 Å². The van der Waals surface area contributed by atoms with Crippen molar-refractivity contribution in [3.63, 3.8) is 0 Å². The molecule has 1 aliphatic heterocycles. The quantitative estimate of drug-likeness (QED) is 0.710. The summed E-state index contributed by atoms with van der Waals surface area (Å²) in [5.41, 5.74) is 0.793. The molecule has 80 valence electrons. The highest BCUT2D eigenvalue weighted by molar-refractivity contribution is 6.04. The molecule has 1 aromatic heterocycles. The number of rotatable bonds is 3. The fraction of sp³-hybridized carbons (Fsp3) is 0.444. The van der Waals surface area contributed by atoms with Gasteiger partial charge < -0.3 is 9.84 Å². The summed E-state index contributed by atoms with van der Waals surface area (Å²) in [6.45, 7) is 2.03. The molecule has 0 aliphatic carbocycles. The molecule has 2 N–H and O–H groups in total. The third-order valence-corrected chi connectivity index (χ3v) is 2.14. The van der Waals surface area contributed by atoms with Gasteiger partial charge in [-0.25, -0.2) is 4.79 Å². The Kier molecular flexibility index (Phi) is 2.40. The highest BCUT2D eigenvalue weighted by Gasteiger charge is 2.33. The Morgan fingerprint density at radius 2 is 2.33 bits per heavy atom. The third-order valence-electron chi connectivity index (χ3n) is 2.14. The van der Waals surface area contributed by atoms with E-state index < -0.39 is 18.0 Å². The standard InChI is InChI=1S/C9H11N3O3/c1-2-3-5-4-6(15-12-5)7-8(13)11-9(14)10-7/h4,7H,2-3H2,1H3,(H2,10,11,13,14)/t7-/m0/s1. The third kappa shape index (κ3) is 1.83. The molecule has 0 bridgehead atoms. The Morgan fingerprint density at radius 3 is 2.93 bits per heavy atom. The van der Waals surface area contributed by atoms with Gasteiger partial charge in [0.05, 0.1) is 5.69 Å². The molecule has 0 aromatic carbocycles. The highest BCUT2D eigenvalue weighted by atomic mass is 16.5. The molecule has 1 atom stereocenters. The number of aryl methyl sites for hydroxylation is 1. The lowest BCUT2D eigenvalue weighted by molar-refractivity contribution is -0.120. The molecule has 6 nitrogen and oxygen atoms in total. The molecule has 1 fully saturated rings. The predicted molar refractivity (Wildman–Crippen MR) is 49.9 cm³/mol. The van der Waals surface area contributed by atoms with Crippen LogP contribution in [0.1, 0.15) is 30.8 Å². The molecular formula is C9H11N3O3. The van der Waals surface area contributed by atoms with Crippen LogP contribution in [0, 0.1) is 0 Å². The van der Waals surface area contributed by atoms with Gasteiger partial charge in [0.15, 0.2) is 11.8 Å². The van der Waals surface area contributed by atoms with Gasteiger partial charge in [-0.1, -0.05) is 18.5 Å². The second kappa shape index (κ2) is 3.72. The number of carbonyl (C=O) groups excluding carboxylic acids is 2. The van der Waals surface area contributed by atoms with Crippen LogP contribution in [0.2, 0.25) is 0 Å². The zero-order valence-electron chi connectivity index (χ0n) is 8.24. The maximum Gasteiger partial charge on any atom is 0.322 e. The number of hydrogen-bond donors (Lipinski definition) is 2. The van der Waals surface area contributed by atoms with Gasteiger partial charge in [0, 0.05) is 6.07 Å². The molecule has 1 aromatic rings. The number of carbonyl (C=O) groups is 2. The van der Waals surface area contributed by atoms with Crippen LogP contribution in [0.3, 0.4) is 0 Å². The van der Waals surface area contributed by atoms with Crippen molar-refractivity contribution in [3.05, 3.63) is 17.5 Å². The van der Waals surface area contributed by atoms with Crippen molar-refractivity contribution < 1.29 is 14.1 Å². The highest BCUT2D eigenvalue weighted by Crippen LogP contribution is 2.17. The van der Waals surface area contributed by atoms with Crippen LogP contribution in [0.15, 0.2) is 10.6 Å². The van der Waals surface area contributed by atoms with Crippen molar-refractivity contribution in [1.29, 1.82) is 0 Å². The normalized spacial score (nSPS) is 20.2. The molecule has 15 heavy (non-hydrogen) atoms. The number of nitrogens with one attached hydrogen (secondary N) is 2. The molecule has 0 radical (unpaired) electrons. The van der Waals surface area contributed by atoms with E-state index in [1.54, 1.807) is 6.07 Å². The Labute approximate surface area is 86.0 Å². The number of nitrogens with zero attached hydrogens (tertiary/aromatic N) is 1. The molecule has 1 saturated heterocycles. The van der Waals surface area contributed by atoms with Crippen LogP contribution in [-0.4, -0.2) is 17.1 Å². The molecule has 0 spiro atoms. The van der Waals surface area contributed by atoms with Crippen molar-refractivity contribution in [3.8, 4) is 0 Å². The maximum absolute atomic E-state index is 11.3. The van der Waals surface area contributed by atoms with Gasteiger partial charge in [-0.15, -0.1) is 0 Å². The van der Waals surface area contributed by atoms with Gasteiger partial charge in [0.1, 0.15) is 0 Å². The van der Waals surface area contributed by atoms with Gasteiger partial charge in [0.2, 0.25) is 0 Å². The van der Waals surface area contributed by atoms with E-state index in [2.05, 4.69) is 15.8 Å². The smallest absolute Gasteiger partial charge is 0.322 e. The van der Waals surface area contributed by atoms with Gasteiger partial charge in [-0.3, -0.25) is 10.1 Å². The largest absolute Gasteiger partial charge is 0.358 e. The lowest BCUT2D eigenvalue weighted by atomic mass is 10.2. The van der Waals surface area contributed by atoms with E-state index in [-0.39, 0.29) is 0 Å². The molecule has 0 unspecified atom stereocenters. The molecule has 3 amide bonds. The van der Waals surface area contributed by atoms with Crippen molar-refractivity contribution in [2.75, 3.05) is 0 Å². The summed E-state index contributed by atoms with van der Waals surface area (Å²) in [5, 5.41) is 8.38. The Morgan fingerprint density at radius 1 is 1.53 bits per heavy atom. The minimum atomic E-state index is -0.740. The van der Waals surface area contributed by atoms with Gasteiger partial charge in [0.25, 0.3) is 5.91 Å². The maximum atomic E-state index is 11.3. The van der Waals surface area contributed by atoms with E-state index in [1.165, 1.54) is 0 Å². The molecule has 2 rings (SSSR count). The molecule has 6 heteroatoms. The minimum Gasteiger partial charge on any atom is -0.358 e. The Balaban J connectivity index is 2.15. The minimum absolute atomic E-state index is 0.377. The van der Waals surface area contributed by atoms with Crippen LogP contribution in [0.4, 0.5) is 4.79 Å². The van der Waals surface area contributed by atoms with Crippen molar-refractivity contribution in [1.82, 2.24) is 15.8 Å². The summed E-state index contributed by atoms with van der Waals surface area (Å²) in [5.74, 6) is -0.0269. The van der Waals surface area contributed by atoms with Gasteiger partial charge in [-0.2, -0.15) is 0 Å². The molecular weight excluding hydrogens is 198 g/mol. The van der Waals surface area contributed by atoms with E-state index in [1.807, 2.05) is 6.92 Å². The second-order valence-electron chi connectivity index (χ2n) is 3.37. The van der Waals surface area contributed by atoms with Crippen molar-refractivity contribution in [2.45, 2.75) is 25.8 Å². The van der Waals surface area contributed by atoms with E-state index in [0.717, 1.165) is 18.5 Å². The molecule has 1 aliphatic rings. The van der Waals surface area contributed by atoms with Gasteiger partial charge in [-0.05, 0) is 6.42 Å². The Bertz CT molecular complexity index is 399. The van der Waals surface area contributed by atoms with Crippen LogP contribution in [0.5, 0.6) is 0 Å². The summed E-state index contributed by atoms with van der Waals surface area (Å²) in [7, 11) is 0. The second-order valence-corrected chi connectivity index (χ2v) is 3.37. The first-order valence-electron chi connectivity index (χ1n) is 4.77. The number of amides is 3. The summed E-state index contributed by atoms with van der Waals surface area (Å²) in [4.78, 5) is 22.1. The number of urea groups is 1. The van der Waals surface area contributed by atoms with Crippen LogP contribution >= 0.6 is 0 Å². The van der Waals surface area contributed by atoms with E-state index in [4.69, 9.17) is 4.52 Å². The van der Waals surface area contributed by atoms with Crippen LogP contribution in [0.25, 0.3) is 0 Å². The lowest BCUT2D eigenvalue weighted by Gasteiger charge is -1.99. The molecule has 0 saturated carbocycles. The fourth-order valence-corrected chi connectivity index (χ4v) is 1.46. The first kappa shape index (κ1) is 9.70. The lowest BCUT2D eigenvalue weighted by Crippen LogP contribution is -2.22. The predicted octanol–water partition coefficient (Wildman–Crippen LogP) is 0.508. The Hall–Kier alpha value is -1.85. The summed E-state index contributed by atoms with van der Waals surface area (Å²) in [6.07, 6.45) is 1.75. The summed E-state index contributed by atoms with van der Waals surface area (Å²) < 4.78 is 4.99.